The number of esters is 1. The molecular weight excluding hydrogens is 298 g/mol. The van der Waals surface area contributed by atoms with E-state index in [4.69, 9.17) is 4.74 Å². The second-order valence-corrected chi connectivity index (χ2v) is 4.65. The van der Waals surface area contributed by atoms with Crippen molar-refractivity contribution in [3.05, 3.63) is 28.7 Å². The number of hydrogen-bond acceptors (Lipinski definition) is 3. The molecule has 0 radical (unpaired) electrons. The second kappa shape index (κ2) is 7.87. The normalized spacial score (nSPS) is 9.89. The van der Waals surface area contributed by atoms with E-state index in [0.717, 1.165) is 4.47 Å². The summed E-state index contributed by atoms with van der Waals surface area (Å²) in [6.45, 7) is 2.47. The van der Waals surface area contributed by atoms with Crippen molar-refractivity contribution in [2.75, 3.05) is 6.54 Å². The topological polar surface area (TPSA) is 55.4 Å². The van der Waals surface area contributed by atoms with Crippen molar-refractivity contribution in [3.63, 3.8) is 0 Å². The maximum atomic E-state index is 11.5. The van der Waals surface area contributed by atoms with Crippen LogP contribution in [0.2, 0.25) is 0 Å². The summed E-state index contributed by atoms with van der Waals surface area (Å²) in [6, 6.07) is 7.03. The molecule has 1 aromatic rings. The highest BCUT2D eigenvalue weighted by molar-refractivity contribution is 9.10. The van der Waals surface area contributed by atoms with Crippen molar-refractivity contribution in [2.45, 2.75) is 26.2 Å². The van der Waals surface area contributed by atoms with Gasteiger partial charge in [-0.1, -0.05) is 15.9 Å². The molecule has 4 nitrogen and oxygen atoms in total. The van der Waals surface area contributed by atoms with Crippen molar-refractivity contribution < 1.29 is 14.3 Å². The van der Waals surface area contributed by atoms with Crippen LogP contribution >= 0.6 is 15.9 Å². The summed E-state index contributed by atoms with van der Waals surface area (Å²) >= 11 is 3.30. The van der Waals surface area contributed by atoms with Crippen LogP contribution in [0.25, 0.3) is 0 Å². The first-order chi connectivity index (χ1) is 8.61. The van der Waals surface area contributed by atoms with Crippen molar-refractivity contribution in [3.8, 4) is 5.75 Å². The lowest BCUT2D eigenvalue weighted by Gasteiger charge is -2.04. The van der Waals surface area contributed by atoms with E-state index >= 15 is 0 Å². The zero-order valence-electron chi connectivity index (χ0n) is 10.2. The molecule has 98 valence electrons. The molecule has 0 spiro atoms. The van der Waals surface area contributed by atoms with Gasteiger partial charge >= 0.3 is 5.97 Å². The third-order valence-corrected chi connectivity index (χ3v) is 2.73. The first-order valence-corrected chi connectivity index (χ1v) is 6.64. The Morgan fingerprint density at radius 3 is 2.50 bits per heavy atom. The van der Waals surface area contributed by atoms with Crippen LogP contribution in [-0.4, -0.2) is 18.4 Å². The summed E-state index contributed by atoms with van der Waals surface area (Å²) in [6.07, 6.45) is 1.09. The minimum absolute atomic E-state index is 0.0334. The summed E-state index contributed by atoms with van der Waals surface area (Å²) in [7, 11) is 0. The summed E-state index contributed by atoms with van der Waals surface area (Å²) in [5.41, 5.74) is 0. The zero-order valence-corrected chi connectivity index (χ0v) is 11.8. The molecule has 0 atom stereocenters. The fourth-order valence-electron chi connectivity index (χ4n) is 1.36. The van der Waals surface area contributed by atoms with E-state index in [-0.39, 0.29) is 18.3 Å². The zero-order chi connectivity index (χ0) is 13.4. The van der Waals surface area contributed by atoms with Gasteiger partial charge in [0, 0.05) is 23.9 Å². The van der Waals surface area contributed by atoms with Crippen LogP contribution in [0, 0.1) is 0 Å². The van der Waals surface area contributed by atoms with E-state index < -0.39 is 0 Å². The summed E-state index contributed by atoms with van der Waals surface area (Å²) in [5, 5.41) is 2.68. The van der Waals surface area contributed by atoms with Gasteiger partial charge in [0.2, 0.25) is 5.91 Å². The van der Waals surface area contributed by atoms with E-state index in [0.29, 0.717) is 25.1 Å². The number of halogens is 1. The fourth-order valence-corrected chi connectivity index (χ4v) is 1.63. The maximum Gasteiger partial charge on any atom is 0.311 e. The van der Waals surface area contributed by atoms with Crippen LogP contribution in [0.15, 0.2) is 28.7 Å². The number of carbonyl (C=O) groups is 2. The third kappa shape index (κ3) is 5.82. The number of amides is 1. The molecular formula is C13H16BrNO3. The van der Waals surface area contributed by atoms with Crippen molar-refractivity contribution in [1.29, 1.82) is 0 Å². The molecule has 0 aliphatic heterocycles. The molecule has 1 rings (SSSR count). The van der Waals surface area contributed by atoms with Gasteiger partial charge in [-0.15, -0.1) is 0 Å². The molecule has 0 saturated heterocycles. The van der Waals surface area contributed by atoms with Crippen LogP contribution in [0.4, 0.5) is 0 Å². The molecule has 0 fully saturated rings. The van der Waals surface area contributed by atoms with Crippen LogP contribution in [0.5, 0.6) is 5.75 Å². The van der Waals surface area contributed by atoms with Crippen LogP contribution < -0.4 is 10.1 Å². The molecule has 0 saturated carbocycles. The predicted octanol–water partition coefficient (Wildman–Crippen LogP) is 2.66. The van der Waals surface area contributed by atoms with Crippen molar-refractivity contribution >= 4 is 27.8 Å². The van der Waals surface area contributed by atoms with Gasteiger partial charge in [0.25, 0.3) is 0 Å². The number of hydrogen-bond donors (Lipinski definition) is 1. The average Bonchev–Trinajstić information content (AvgIpc) is 2.32. The highest BCUT2D eigenvalue weighted by atomic mass is 79.9. The van der Waals surface area contributed by atoms with Crippen LogP contribution in [0.1, 0.15) is 26.2 Å². The van der Waals surface area contributed by atoms with Crippen LogP contribution in [-0.2, 0) is 9.59 Å². The number of ether oxygens (including phenoxy) is 1. The highest BCUT2D eigenvalue weighted by Gasteiger charge is 2.06. The number of carbonyl (C=O) groups excluding carboxylic acids is 2. The Labute approximate surface area is 115 Å². The smallest absolute Gasteiger partial charge is 0.311 e. The minimum Gasteiger partial charge on any atom is -0.427 e. The lowest BCUT2D eigenvalue weighted by Crippen LogP contribution is -2.22. The molecule has 0 heterocycles. The van der Waals surface area contributed by atoms with Gasteiger partial charge in [-0.2, -0.15) is 0 Å². The Balaban J connectivity index is 2.25. The first-order valence-electron chi connectivity index (χ1n) is 5.84. The van der Waals surface area contributed by atoms with E-state index in [1.807, 2.05) is 6.92 Å². The lowest BCUT2D eigenvalue weighted by molar-refractivity contribution is -0.134. The first kappa shape index (κ1) is 14.7. The molecule has 0 bridgehead atoms. The Morgan fingerprint density at radius 2 is 1.89 bits per heavy atom. The predicted molar refractivity (Wildman–Crippen MR) is 72.3 cm³/mol. The number of rotatable bonds is 6. The van der Waals surface area contributed by atoms with Gasteiger partial charge in [-0.3, -0.25) is 9.59 Å². The molecule has 0 aliphatic carbocycles. The molecule has 0 aliphatic rings. The molecule has 5 heteroatoms. The average molecular weight is 314 g/mol. The van der Waals surface area contributed by atoms with Gasteiger partial charge in [0.1, 0.15) is 5.75 Å². The summed E-state index contributed by atoms with van der Waals surface area (Å²) in [4.78, 5) is 22.6. The Kier molecular flexibility index (Phi) is 6.43. The largest absolute Gasteiger partial charge is 0.427 e. The number of nitrogens with one attached hydrogen (secondary N) is 1. The summed E-state index contributed by atoms with van der Waals surface area (Å²) < 4.78 is 6.05. The standard InChI is InChI=1S/C13H16BrNO3/c1-2-15-12(16)4-3-5-13(17)18-11-8-6-10(14)7-9-11/h6-9H,2-5H2,1H3,(H,15,16). The van der Waals surface area contributed by atoms with Gasteiger partial charge in [-0.05, 0) is 37.6 Å². The Bertz CT molecular complexity index is 403. The quantitative estimate of drug-likeness (QED) is 0.649. The molecule has 1 aromatic carbocycles. The third-order valence-electron chi connectivity index (χ3n) is 2.20. The molecule has 0 aromatic heterocycles. The monoisotopic (exact) mass is 313 g/mol. The van der Waals surface area contributed by atoms with E-state index in [2.05, 4.69) is 21.2 Å². The van der Waals surface area contributed by atoms with Crippen molar-refractivity contribution in [1.82, 2.24) is 5.32 Å². The highest BCUT2D eigenvalue weighted by Crippen LogP contribution is 2.16. The summed E-state index contributed by atoms with van der Waals surface area (Å²) in [5.74, 6) is 0.164. The van der Waals surface area contributed by atoms with Gasteiger partial charge in [-0.25, -0.2) is 0 Å². The Hall–Kier alpha value is -1.36. The molecule has 1 N–H and O–H groups in total. The lowest BCUT2D eigenvalue weighted by atomic mass is 10.2. The molecule has 0 unspecified atom stereocenters. The SMILES string of the molecule is CCNC(=O)CCCC(=O)Oc1ccc(Br)cc1. The minimum atomic E-state index is -0.318. The van der Waals surface area contributed by atoms with Crippen LogP contribution in [0.3, 0.4) is 0 Å². The molecule has 18 heavy (non-hydrogen) atoms. The number of benzene rings is 1. The van der Waals surface area contributed by atoms with Gasteiger partial charge < -0.3 is 10.1 Å². The van der Waals surface area contributed by atoms with E-state index in [1.54, 1.807) is 24.3 Å². The van der Waals surface area contributed by atoms with E-state index in [9.17, 15) is 9.59 Å². The maximum absolute atomic E-state index is 11.5. The van der Waals surface area contributed by atoms with Gasteiger partial charge in [0.15, 0.2) is 0 Å². The fraction of sp³-hybridized carbons (Fsp3) is 0.385. The van der Waals surface area contributed by atoms with Crippen molar-refractivity contribution in [2.24, 2.45) is 0 Å². The van der Waals surface area contributed by atoms with Gasteiger partial charge in [0.05, 0.1) is 0 Å². The Morgan fingerprint density at radius 1 is 1.22 bits per heavy atom. The van der Waals surface area contributed by atoms with E-state index in [1.165, 1.54) is 0 Å². The second-order valence-electron chi connectivity index (χ2n) is 3.74. The molecule has 1 amide bonds.